The molecule has 1 aliphatic heterocycles. The molecule has 0 amide bonds. The summed E-state index contributed by atoms with van der Waals surface area (Å²) in [5.41, 5.74) is -0.0808. The first-order chi connectivity index (χ1) is 14.0. The lowest BCUT2D eigenvalue weighted by atomic mass is 10.0. The summed E-state index contributed by atoms with van der Waals surface area (Å²) in [4.78, 5) is 12.9. The topological polar surface area (TPSA) is 128 Å². The van der Waals surface area contributed by atoms with Gasteiger partial charge in [0.2, 0.25) is 11.7 Å². The van der Waals surface area contributed by atoms with Crippen LogP contribution in [0.5, 0.6) is 11.6 Å². The van der Waals surface area contributed by atoms with Gasteiger partial charge in [-0.15, -0.1) is 0 Å². The third-order valence-electron chi connectivity index (χ3n) is 4.59. The minimum absolute atomic E-state index is 0.00392. The second-order valence-electron chi connectivity index (χ2n) is 7.13. The van der Waals surface area contributed by atoms with Crippen LogP contribution >= 0.6 is 11.6 Å². The molecule has 0 aliphatic carbocycles. The van der Waals surface area contributed by atoms with Gasteiger partial charge in [-0.3, -0.25) is 4.79 Å². The number of nitrogens with zero attached hydrogens (tertiary/aromatic N) is 3. The Kier molecular flexibility index (Phi) is 6.44. The molecule has 1 aromatic heterocycles. The van der Waals surface area contributed by atoms with E-state index in [1.165, 1.54) is 25.4 Å². The molecule has 1 aliphatic rings. The Morgan fingerprint density at radius 2 is 1.97 bits per heavy atom. The Morgan fingerprint density at radius 3 is 2.53 bits per heavy atom. The number of benzene rings is 1. The van der Waals surface area contributed by atoms with Crippen LogP contribution in [0.15, 0.2) is 22.7 Å². The predicted molar refractivity (Wildman–Crippen MR) is 114 cm³/mol. The second-order valence-corrected chi connectivity index (χ2v) is 12.1. The van der Waals surface area contributed by atoms with Crippen LogP contribution in [0, 0.1) is 0 Å². The van der Waals surface area contributed by atoms with E-state index in [0.29, 0.717) is 11.5 Å². The first kappa shape index (κ1) is 22.6. The van der Waals surface area contributed by atoms with Gasteiger partial charge in [-0.1, -0.05) is 18.0 Å². The van der Waals surface area contributed by atoms with E-state index in [-0.39, 0.29) is 33.5 Å². The van der Waals surface area contributed by atoms with Gasteiger partial charge in [-0.05, 0) is 25.0 Å². The van der Waals surface area contributed by atoms with Gasteiger partial charge in [-0.2, -0.15) is 9.46 Å². The number of rotatable bonds is 6. The molecular weight excluding hydrogens is 454 g/mol. The fourth-order valence-electron chi connectivity index (χ4n) is 3.02. The van der Waals surface area contributed by atoms with E-state index in [1.807, 2.05) is 0 Å². The summed E-state index contributed by atoms with van der Waals surface area (Å²) < 4.78 is 47.0. The normalized spacial score (nSPS) is 16.2. The standard InChI is InChI=1S/C18H22ClN3O6S2/c1-22-18(24)13(10-20-22)17(23)12-6-7-14(28-11-29(2,25)26)16(15(12)19)21-30(27)8-4-3-5-9-30/h6-7,10,24H,3-5,8-9,11H2,1-2H3. The van der Waals surface area contributed by atoms with Gasteiger partial charge in [0.25, 0.3) is 0 Å². The Bertz CT molecular complexity index is 1200. The third kappa shape index (κ3) is 4.96. The lowest BCUT2D eigenvalue weighted by Crippen LogP contribution is -2.16. The minimum atomic E-state index is -3.46. The highest BCUT2D eigenvalue weighted by molar-refractivity contribution is 7.93. The quantitative estimate of drug-likeness (QED) is 0.636. The van der Waals surface area contributed by atoms with Crippen LogP contribution in [0.3, 0.4) is 0 Å². The molecule has 0 saturated carbocycles. The molecule has 2 aromatic rings. The average Bonchev–Trinajstić information content (AvgIpc) is 3.00. The maximum atomic E-state index is 13.2. The zero-order valence-electron chi connectivity index (χ0n) is 16.5. The van der Waals surface area contributed by atoms with Crippen molar-refractivity contribution in [3.8, 4) is 11.6 Å². The molecule has 0 bridgehead atoms. The first-order valence-electron chi connectivity index (χ1n) is 9.12. The van der Waals surface area contributed by atoms with Crippen LogP contribution in [-0.2, 0) is 26.6 Å². The van der Waals surface area contributed by atoms with Crippen LogP contribution in [-0.4, -0.2) is 57.0 Å². The number of halogens is 1. The van der Waals surface area contributed by atoms with Gasteiger partial charge < -0.3 is 9.84 Å². The van der Waals surface area contributed by atoms with Gasteiger partial charge in [-0.25, -0.2) is 17.3 Å². The van der Waals surface area contributed by atoms with E-state index < -0.39 is 31.3 Å². The van der Waals surface area contributed by atoms with Crippen molar-refractivity contribution in [3.63, 3.8) is 0 Å². The summed E-state index contributed by atoms with van der Waals surface area (Å²) in [5, 5.41) is 13.7. The molecule has 3 rings (SSSR count). The molecule has 0 atom stereocenters. The average molecular weight is 476 g/mol. The van der Waals surface area contributed by atoms with Crippen molar-refractivity contribution in [2.24, 2.45) is 11.4 Å². The van der Waals surface area contributed by atoms with Crippen molar-refractivity contribution in [3.05, 3.63) is 34.5 Å². The fourth-order valence-corrected chi connectivity index (χ4v) is 5.91. The number of hydrogen-bond donors (Lipinski definition) is 1. The number of sulfone groups is 1. The number of ether oxygens (including phenoxy) is 1. The number of carbonyl (C=O) groups is 1. The Labute approximate surface area is 180 Å². The molecule has 12 heteroatoms. The van der Waals surface area contributed by atoms with Crippen molar-refractivity contribution in [2.45, 2.75) is 19.3 Å². The first-order valence-corrected chi connectivity index (χ1v) is 13.4. The van der Waals surface area contributed by atoms with E-state index in [9.17, 15) is 22.5 Å². The van der Waals surface area contributed by atoms with Gasteiger partial charge in [0, 0.05) is 30.4 Å². The van der Waals surface area contributed by atoms with Crippen LogP contribution in [0.2, 0.25) is 5.02 Å². The molecule has 1 N–H and O–H groups in total. The van der Waals surface area contributed by atoms with Gasteiger partial charge in [0.05, 0.1) is 20.9 Å². The van der Waals surface area contributed by atoms with E-state index >= 15 is 0 Å². The lowest BCUT2D eigenvalue weighted by molar-refractivity contribution is 0.103. The second kappa shape index (κ2) is 8.56. The molecule has 1 aromatic carbocycles. The van der Waals surface area contributed by atoms with E-state index in [4.69, 9.17) is 16.3 Å². The number of aromatic hydroxyl groups is 1. The molecule has 1 saturated heterocycles. The highest BCUT2D eigenvalue weighted by Gasteiger charge is 2.25. The largest absolute Gasteiger partial charge is 0.493 e. The molecule has 0 unspecified atom stereocenters. The Balaban J connectivity index is 2.13. The predicted octanol–water partition coefficient (Wildman–Crippen LogP) is 2.67. The molecule has 1 fully saturated rings. The number of carbonyl (C=O) groups excluding carboxylic acids is 1. The van der Waals surface area contributed by atoms with Crippen LogP contribution in [0.1, 0.15) is 35.2 Å². The molecule has 0 spiro atoms. The van der Waals surface area contributed by atoms with E-state index in [0.717, 1.165) is 30.2 Å². The number of aromatic nitrogens is 2. The molecule has 9 nitrogen and oxygen atoms in total. The van der Waals surface area contributed by atoms with Gasteiger partial charge >= 0.3 is 0 Å². The summed E-state index contributed by atoms with van der Waals surface area (Å²) in [7, 11) is -4.60. The zero-order valence-corrected chi connectivity index (χ0v) is 18.9. The lowest BCUT2D eigenvalue weighted by Gasteiger charge is -2.17. The molecular formula is C18H22ClN3O6S2. The summed E-state index contributed by atoms with van der Waals surface area (Å²) in [6.45, 7) is 0. The van der Waals surface area contributed by atoms with E-state index in [1.54, 1.807) is 0 Å². The van der Waals surface area contributed by atoms with Crippen molar-refractivity contribution in [1.29, 1.82) is 0 Å². The molecule has 164 valence electrons. The maximum absolute atomic E-state index is 13.2. The van der Waals surface area contributed by atoms with Crippen molar-refractivity contribution in [1.82, 2.24) is 9.78 Å². The summed E-state index contributed by atoms with van der Waals surface area (Å²) in [6.07, 6.45) is 4.68. The third-order valence-corrected chi connectivity index (χ3v) is 7.89. The summed E-state index contributed by atoms with van der Waals surface area (Å²) in [6, 6.07) is 2.71. The zero-order chi connectivity index (χ0) is 22.1. The summed E-state index contributed by atoms with van der Waals surface area (Å²) >= 11 is 6.47. The smallest absolute Gasteiger partial charge is 0.220 e. The maximum Gasteiger partial charge on any atom is 0.220 e. The van der Waals surface area contributed by atoms with Crippen LogP contribution in [0.4, 0.5) is 5.69 Å². The number of ketones is 1. The van der Waals surface area contributed by atoms with Crippen molar-refractivity contribution >= 4 is 42.6 Å². The fraction of sp³-hybridized carbons (Fsp3) is 0.444. The van der Waals surface area contributed by atoms with Gasteiger partial charge in [0.1, 0.15) is 17.0 Å². The van der Waals surface area contributed by atoms with Crippen molar-refractivity contribution < 1.29 is 27.3 Å². The van der Waals surface area contributed by atoms with E-state index in [2.05, 4.69) is 9.46 Å². The van der Waals surface area contributed by atoms with Crippen molar-refractivity contribution in [2.75, 3.05) is 23.7 Å². The molecule has 0 radical (unpaired) electrons. The summed E-state index contributed by atoms with van der Waals surface area (Å²) in [5.74, 6) is -0.762. The SMILES string of the molecule is Cn1ncc(C(=O)c2ccc(OCS(C)(=O)=O)c(N=S3(=O)CCCCC3)c2Cl)c1O. The molecule has 2 heterocycles. The number of aryl methyl sites for hydroxylation is 1. The Hall–Kier alpha value is -2.11. The van der Waals surface area contributed by atoms with Crippen LogP contribution < -0.4 is 4.74 Å². The van der Waals surface area contributed by atoms with Gasteiger partial charge in [0.15, 0.2) is 15.8 Å². The highest BCUT2D eigenvalue weighted by atomic mass is 35.5. The van der Waals surface area contributed by atoms with Crippen LogP contribution in [0.25, 0.3) is 0 Å². The number of hydrogen-bond acceptors (Lipinski definition) is 8. The monoisotopic (exact) mass is 475 g/mol. The minimum Gasteiger partial charge on any atom is -0.493 e. The molecule has 30 heavy (non-hydrogen) atoms. The Morgan fingerprint density at radius 1 is 1.30 bits per heavy atom. The highest BCUT2D eigenvalue weighted by Crippen LogP contribution is 2.41.